The van der Waals surface area contributed by atoms with E-state index in [-0.39, 0.29) is 21.7 Å². The molecule has 4 aliphatic carbocycles. The van der Waals surface area contributed by atoms with Crippen LogP contribution in [0.1, 0.15) is 140 Å². The summed E-state index contributed by atoms with van der Waals surface area (Å²) in [4.78, 5) is 0. The minimum absolute atomic E-state index is 0.0672. The average Bonchev–Trinajstić information content (AvgIpc) is 3.89. The predicted octanol–water partition coefficient (Wildman–Crippen LogP) is 17.5. The molecule has 0 saturated heterocycles. The molecule has 6 aromatic rings. The average molecular weight is 856 g/mol. The topological polar surface area (TPSA) is 0 Å². The first-order chi connectivity index (χ1) is 29.5. The SMILES string of the molecule is CC(C)C1(C(C)C)c2ccc(Cl)cc2-c2cc3c(cc21)-c1ccccc1C3(C)CCC(C)C1(C(C)C)c2cc3c(cc2-c2cccc(Cl)c21)C(C(C)C)(C(C)C)c1ccccc1-3. The van der Waals surface area contributed by atoms with Gasteiger partial charge in [-0.1, -0.05) is 173 Å². The minimum Gasteiger partial charge on any atom is -0.0843 e. The van der Waals surface area contributed by atoms with Crippen molar-refractivity contribution in [1.82, 2.24) is 0 Å². The van der Waals surface area contributed by atoms with Crippen LogP contribution in [0, 0.1) is 35.5 Å². The molecule has 0 amide bonds. The van der Waals surface area contributed by atoms with Gasteiger partial charge in [0, 0.05) is 31.7 Å². The molecule has 0 N–H and O–H groups in total. The molecule has 0 heterocycles. The maximum atomic E-state index is 7.55. The Morgan fingerprint density at radius 2 is 0.806 bits per heavy atom. The number of rotatable bonds is 9. The van der Waals surface area contributed by atoms with Crippen molar-refractivity contribution in [3.05, 3.63) is 164 Å². The predicted molar refractivity (Wildman–Crippen MR) is 266 cm³/mol. The van der Waals surface area contributed by atoms with Gasteiger partial charge in [0.2, 0.25) is 0 Å². The van der Waals surface area contributed by atoms with E-state index in [9.17, 15) is 0 Å². The maximum Gasteiger partial charge on any atom is 0.0453 e. The molecule has 0 saturated carbocycles. The third kappa shape index (κ3) is 5.04. The van der Waals surface area contributed by atoms with Crippen LogP contribution in [0.2, 0.25) is 10.0 Å². The number of benzene rings is 6. The van der Waals surface area contributed by atoms with Gasteiger partial charge in [-0.2, -0.15) is 0 Å². The van der Waals surface area contributed by atoms with Crippen molar-refractivity contribution in [3.63, 3.8) is 0 Å². The van der Waals surface area contributed by atoms with Crippen LogP contribution in [0.5, 0.6) is 0 Å². The van der Waals surface area contributed by atoms with E-state index in [1.807, 2.05) is 0 Å². The fourth-order valence-corrected chi connectivity index (χ4v) is 15.7. The summed E-state index contributed by atoms with van der Waals surface area (Å²) in [6.45, 7) is 29.3. The first-order valence-electron chi connectivity index (χ1n) is 23.7. The van der Waals surface area contributed by atoms with Gasteiger partial charge < -0.3 is 0 Å². The van der Waals surface area contributed by atoms with E-state index in [1.54, 1.807) is 0 Å². The van der Waals surface area contributed by atoms with Gasteiger partial charge in [-0.05, 0) is 180 Å². The lowest BCUT2D eigenvalue weighted by Gasteiger charge is -2.44. The molecule has 6 aromatic carbocycles. The Balaban J connectivity index is 1.14. The molecule has 4 aliphatic rings. The molecule has 0 bridgehead atoms. The van der Waals surface area contributed by atoms with Crippen molar-refractivity contribution in [2.75, 3.05) is 0 Å². The first-order valence-corrected chi connectivity index (χ1v) is 24.4. The molecule has 2 heteroatoms. The molecule has 0 aromatic heterocycles. The molecule has 62 heavy (non-hydrogen) atoms. The molecule has 318 valence electrons. The Morgan fingerprint density at radius 3 is 1.39 bits per heavy atom. The monoisotopic (exact) mass is 854 g/mol. The summed E-state index contributed by atoms with van der Waals surface area (Å²) in [5.74, 6) is 2.33. The smallest absolute Gasteiger partial charge is 0.0453 e. The van der Waals surface area contributed by atoms with Crippen LogP contribution in [0.15, 0.2) is 109 Å². The first kappa shape index (κ1) is 41.9. The highest BCUT2D eigenvalue weighted by Gasteiger charge is 2.55. The third-order valence-corrected chi connectivity index (χ3v) is 18.1. The zero-order valence-corrected chi connectivity index (χ0v) is 40.5. The zero-order valence-electron chi connectivity index (χ0n) is 39.0. The molecule has 0 fully saturated rings. The summed E-state index contributed by atoms with van der Waals surface area (Å²) >= 11 is 14.4. The summed E-state index contributed by atoms with van der Waals surface area (Å²) in [6, 6.07) is 42.4. The normalized spacial score (nSPS) is 21.0. The van der Waals surface area contributed by atoms with Crippen LogP contribution in [-0.2, 0) is 21.7 Å². The van der Waals surface area contributed by atoms with Gasteiger partial charge in [0.05, 0.1) is 0 Å². The van der Waals surface area contributed by atoms with Crippen molar-refractivity contribution in [3.8, 4) is 44.5 Å². The van der Waals surface area contributed by atoms with Gasteiger partial charge in [0.1, 0.15) is 0 Å². The summed E-state index contributed by atoms with van der Waals surface area (Å²) in [6.07, 6.45) is 2.07. The van der Waals surface area contributed by atoms with Gasteiger partial charge in [0.15, 0.2) is 0 Å². The van der Waals surface area contributed by atoms with Gasteiger partial charge in [-0.25, -0.2) is 0 Å². The van der Waals surface area contributed by atoms with Crippen LogP contribution < -0.4 is 0 Å². The van der Waals surface area contributed by atoms with Crippen LogP contribution in [-0.4, -0.2) is 0 Å². The van der Waals surface area contributed by atoms with Crippen LogP contribution >= 0.6 is 23.2 Å². The summed E-state index contributed by atoms with van der Waals surface area (Å²) < 4.78 is 0. The zero-order chi connectivity index (χ0) is 44.0. The molecular weight excluding hydrogens is 792 g/mol. The van der Waals surface area contributed by atoms with Crippen LogP contribution in [0.25, 0.3) is 44.5 Å². The minimum atomic E-state index is -0.271. The molecule has 0 radical (unpaired) electrons. The van der Waals surface area contributed by atoms with Gasteiger partial charge >= 0.3 is 0 Å². The lowest BCUT2D eigenvalue weighted by atomic mass is 9.59. The highest BCUT2D eigenvalue weighted by molar-refractivity contribution is 6.32. The fraction of sp³-hybridized carbons (Fsp3) is 0.400. The Morgan fingerprint density at radius 1 is 0.387 bits per heavy atom. The molecule has 10 rings (SSSR count). The molecule has 0 spiro atoms. The van der Waals surface area contributed by atoms with Crippen molar-refractivity contribution in [2.45, 2.75) is 118 Å². The van der Waals surface area contributed by atoms with Gasteiger partial charge in [-0.3, -0.25) is 0 Å². The highest BCUT2D eigenvalue weighted by Crippen LogP contribution is 2.66. The van der Waals surface area contributed by atoms with E-state index in [2.05, 4.69) is 192 Å². The van der Waals surface area contributed by atoms with Crippen LogP contribution in [0.3, 0.4) is 0 Å². The number of hydrogen-bond donors (Lipinski definition) is 0. The lowest BCUT2D eigenvalue weighted by Crippen LogP contribution is -2.40. The lowest BCUT2D eigenvalue weighted by molar-refractivity contribution is 0.236. The maximum absolute atomic E-state index is 7.55. The molecule has 0 nitrogen and oxygen atoms in total. The Labute approximate surface area is 382 Å². The third-order valence-electron chi connectivity index (χ3n) is 17.6. The standard InChI is InChI=1S/C60H64Cl2/c1-33(2)58(34(3)4)49-22-16-14-19-41(49)45-31-54-46(32-52(45)58)42-20-17-23-55(62)56(42)60(54,37(9)10)38(11)26-27-57(12)48-21-15-13-18-40(48)44-30-53-47(29-51(44)57)43-28-39(61)24-25-50(43)59(53,35(5)6)36(7)8/h13-25,28-38H,26-27H2,1-12H3. The largest absolute Gasteiger partial charge is 0.0843 e. The summed E-state index contributed by atoms with van der Waals surface area (Å²) in [7, 11) is 0. The summed E-state index contributed by atoms with van der Waals surface area (Å²) in [5, 5.41) is 1.70. The van der Waals surface area contributed by atoms with Gasteiger partial charge in [-0.15, -0.1) is 0 Å². The molecule has 0 aliphatic heterocycles. The van der Waals surface area contributed by atoms with E-state index >= 15 is 0 Å². The van der Waals surface area contributed by atoms with E-state index in [0.717, 1.165) is 22.9 Å². The van der Waals surface area contributed by atoms with Crippen molar-refractivity contribution in [1.29, 1.82) is 0 Å². The summed E-state index contributed by atoms with van der Waals surface area (Å²) in [5.41, 5.74) is 22.0. The Hall–Kier alpha value is -4.10. The number of hydrogen-bond acceptors (Lipinski definition) is 0. The van der Waals surface area contributed by atoms with Crippen molar-refractivity contribution in [2.24, 2.45) is 35.5 Å². The van der Waals surface area contributed by atoms with E-state index in [1.165, 1.54) is 89.0 Å². The fourth-order valence-electron chi connectivity index (χ4n) is 15.2. The second kappa shape index (κ2) is 14.2. The van der Waals surface area contributed by atoms with E-state index in [4.69, 9.17) is 23.2 Å². The molecular formula is C60H64Cl2. The van der Waals surface area contributed by atoms with Crippen LogP contribution in [0.4, 0.5) is 0 Å². The van der Waals surface area contributed by atoms with Crippen molar-refractivity contribution < 1.29 is 0 Å². The second-order valence-corrected chi connectivity index (χ2v) is 22.3. The number of halogens is 2. The highest BCUT2D eigenvalue weighted by atomic mass is 35.5. The molecule has 3 unspecified atom stereocenters. The Kier molecular flexibility index (Phi) is 9.59. The quantitative estimate of drug-likeness (QED) is 0.136. The molecule has 3 atom stereocenters. The van der Waals surface area contributed by atoms with E-state index < -0.39 is 0 Å². The second-order valence-electron chi connectivity index (χ2n) is 21.5. The Bertz CT molecular complexity index is 2800. The van der Waals surface area contributed by atoms with Gasteiger partial charge in [0.25, 0.3) is 0 Å². The van der Waals surface area contributed by atoms with E-state index in [0.29, 0.717) is 35.5 Å². The van der Waals surface area contributed by atoms with Crippen molar-refractivity contribution >= 4 is 23.2 Å². The number of fused-ring (bicyclic) bond motifs is 12.